The van der Waals surface area contributed by atoms with Gasteiger partial charge in [-0.3, -0.25) is 4.79 Å². The van der Waals surface area contributed by atoms with Crippen molar-refractivity contribution in [2.24, 2.45) is 0 Å². The number of ether oxygens (including phenoxy) is 2. The van der Waals surface area contributed by atoms with E-state index in [0.29, 0.717) is 41.9 Å². The minimum absolute atomic E-state index is 0.0131. The Bertz CT molecular complexity index is 440. The molecule has 1 amide bonds. The maximum atomic E-state index is 11.6. The number of amides is 1. The van der Waals surface area contributed by atoms with E-state index in [0.717, 1.165) is 0 Å². The van der Waals surface area contributed by atoms with Crippen LogP contribution in [-0.4, -0.2) is 32.3 Å². The maximum absolute atomic E-state index is 11.6. The van der Waals surface area contributed by atoms with E-state index in [1.807, 2.05) is 6.92 Å². The number of halogens is 2. The Kier molecular flexibility index (Phi) is 7.73. The fraction of sp³-hybridized carbons (Fsp3) is 0.500. The predicted octanol–water partition coefficient (Wildman–Crippen LogP) is 3.30. The van der Waals surface area contributed by atoms with Crippen LogP contribution in [0.25, 0.3) is 0 Å². The van der Waals surface area contributed by atoms with Crippen molar-refractivity contribution in [3.8, 4) is 5.75 Å². The third-order valence-electron chi connectivity index (χ3n) is 2.52. The predicted molar refractivity (Wildman–Crippen MR) is 80.7 cm³/mol. The quantitative estimate of drug-likeness (QED) is 0.748. The molecule has 1 N–H and O–H groups in total. The van der Waals surface area contributed by atoms with Crippen LogP contribution in [0.5, 0.6) is 5.75 Å². The van der Waals surface area contributed by atoms with E-state index in [9.17, 15) is 4.79 Å². The molecule has 0 aliphatic heterocycles. The fourth-order valence-corrected chi connectivity index (χ4v) is 2.11. The van der Waals surface area contributed by atoms with E-state index in [1.54, 1.807) is 25.3 Å². The average Bonchev–Trinajstić information content (AvgIpc) is 2.36. The zero-order valence-corrected chi connectivity index (χ0v) is 13.1. The van der Waals surface area contributed by atoms with E-state index in [1.165, 1.54) is 0 Å². The van der Waals surface area contributed by atoms with Crippen molar-refractivity contribution in [2.45, 2.75) is 25.8 Å². The van der Waals surface area contributed by atoms with Crippen LogP contribution in [0.15, 0.2) is 18.2 Å². The van der Waals surface area contributed by atoms with Crippen LogP contribution in [0.2, 0.25) is 10.0 Å². The lowest BCUT2D eigenvalue weighted by atomic mass is 10.2. The van der Waals surface area contributed by atoms with E-state index < -0.39 is 0 Å². The second kappa shape index (κ2) is 9.06. The van der Waals surface area contributed by atoms with Crippen LogP contribution < -0.4 is 10.1 Å². The van der Waals surface area contributed by atoms with Gasteiger partial charge in [0.15, 0.2) is 0 Å². The normalized spacial score (nSPS) is 12.0. The number of nitrogens with one attached hydrogen (secondary N) is 1. The highest BCUT2D eigenvalue weighted by atomic mass is 35.5. The standard InChI is InChI=1S/C14H19Cl2NO3/c1-10(9-19-2)17-14(18)4-3-7-20-13-6-5-11(15)8-12(13)16/h5-6,8,10H,3-4,7,9H2,1-2H3,(H,17,18). The number of benzene rings is 1. The maximum Gasteiger partial charge on any atom is 0.220 e. The highest BCUT2D eigenvalue weighted by Crippen LogP contribution is 2.27. The zero-order valence-electron chi connectivity index (χ0n) is 11.6. The first-order chi connectivity index (χ1) is 9.52. The molecule has 0 bridgehead atoms. The summed E-state index contributed by atoms with van der Waals surface area (Å²) in [5.41, 5.74) is 0. The molecule has 0 aromatic heterocycles. The van der Waals surface area contributed by atoms with Crippen LogP contribution >= 0.6 is 23.2 Å². The van der Waals surface area contributed by atoms with Gasteiger partial charge >= 0.3 is 0 Å². The van der Waals surface area contributed by atoms with Gasteiger partial charge in [-0.25, -0.2) is 0 Å². The van der Waals surface area contributed by atoms with Gasteiger partial charge in [-0.05, 0) is 31.5 Å². The van der Waals surface area contributed by atoms with Gasteiger partial charge in [0, 0.05) is 24.6 Å². The summed E-state index contributed by atoms with van der Waals surface area (Å²) in [5.74, 6) is 0.560. The molecule has 0 saturated heterocycles. The summed E-state index contributed by atoms with van der Waals surface area (Å²) in [6.07, 6.45) is 1.02. The summed E-state index contributed by atoms with van der Waals surface area (Å²) in [7, 11) is 1.60. The van der Waals surface area contributed by atoms with Crippen LogP contribution in [0.3, 0.4) is 0 Å². The molecule has 112 valence electrons. The SMILES string of the molecule is COCC(C)NC(=O)CCCOc1ccc(Cl)cc1Cl. The Morgan fingerprint density at radius 1 is 1.40 bits per heavy atom. The molecule has 4 nitrogen and oxygen atoms in total. The fourth-order valence-electron chi connectivity index (χ4n) is 1.65. The summed E-state index contributed by atoms with van der Waals surface area (Å²) < 4.78 is 10.4. The van der Waals surface area contributed by atoms with Gasteiger partial charge in [0.05, 0.1) is 18.2 Å². The first kappa shape index (κ1) is 17.1. The summed E-state index contributed by atoms with van der Waals surface area (Å²) in [5, 5.41) is 3.87. The lowest BCUT2D eigenvalue weighted by Crippen LogP contribution is -2.35. The number of carbonyl (C=O) groups is 1. The van der Waals surface area contributed by atoms with Crippen LogP contribution in [0, 0.1) is 0 Å². The summed E-state index contributed by atoms with van der Waals surface area (Å²) >= 11 is 11.8. The molecule has 1 unspecified atom stereocenters. The smallest absolute Gasteiger partial charge is 0.220 e. The summed E-state index contributed by atoms with van der Waals surface area (Å²) in [4.78, 5) is 11.6. The van der Waals surface area contributed by atoms with Gasteiger partial charge < -0.3 is 14.8 Å². The largest absolute Gasteiger partial charge is 0.492 e. The molecule has 0 aliphatic rings. The van der Waals surface area contributed by atoms with E-state index in [4.69, 9.17) is 32.7 Å². The lowest BCUT2D eigenvalue weighted by molar-refractivity contribution is -0.122. The van der Waals surface area contributed by atoms with Gasteiger partial charge in [0.1, 0.15) is 5.75 Å². The Labute approximate surface area is 129 Å². The third kappa shape index (κ3) is 6.46. The van der Waals surface area contributed by atoms with Crippen molar-refractivity contribution in [1.29, 1.82) is 0 Å². The number of methoxy groups -OCH3 is 1. The molecule has 1 rings (SSSR count). The first-order valence-corrected chi connectivity index (χ1v) is 7.14. The molecule has 1 aromatic carbocycles. The molecule has 1 aromatic rings. The van der Waals surface area contributed by atoms with Crippen LogP contribution in [0.1, 0.15) is 19.8 Å². The van der Waals surface area contributed by atoms with E-state index in [-0.39, 0.29) is 11.9 Å². The van der Waals surface area contributed by atoms with E-state index in [2.05, 4.69) is 5.32 Å². The molecule has 0 spiro atoms. The molecular weight excluding hydrogens is 301 g/mol. The summed E-state index contributed by atoms with van der Waals surface area (Å²) in [6.45, 7) is 2.82. The highest BCUT2D eigenvalue weighted by Gasteiger charge is 2.07. The number of hydrogen-bond donors (Lipinski definition) is 1. The van der Waals surface area contributed by atoms with Crippen molar-refractivity contribution in [2.75, 3.05) is 20.3 Å². The Hall–Kier alpha value is -0.970. The molecule has 6 heteroatoms. The first-order valence-electron chi connectivity index (χ1n) is 6.39. The minimum atomic E-state index is -0.0136. The van der Waals surface area contributed by atoms with Gasteiger partial charge in [0.2, 0.25) is 5.91 Å². The summed E-state index contributed by atoms with van der Waals surface area (Å²) in [6, 6.07) is 5.06. The number of rotatable bonds is 8. The lowest BCUT2D eigenvalue weighted by Gasteiger charge is -2.13. The topological polar surface area (TPSA) is 47.6 Å². The van der Waals surface area contributed by atoms with Crippen molar-refractivity contribution in [3.63, 3.8) is 0 Å². The van der Waals surface area contributed by atoms with Gasteiger partial charge in [0.25, 0.3) is 0 Å². The number of carbonyl (C=O) groups excluding carboxylic acids is 1. The molecule has 1 atom stereocenters. The molecule has 20 heavy (non-hydrogen) atoms. The number of hydrogen-bond acceptors (Lipinski definition) is 3. The van der Waals surface area contributed by atoms with Crippen LogP contribution in [-0.2, 0) is 9.53 Å². The Balaban J connectivity index is 2.23. The zero-order chi connectivity index (χ0) is 15.0. The Morgan fingerprint density at radius 3 is 2.80 bits per heavy atom. The Morgan fingerprint density at radius 2 is 2.15 bits per heavy atom. The monoisotopic (exact) mass is 319 g/mol. The molecule has 0 heterocycles. The van der Waals surface area contributed by atoms with Gasteiger partial charge in [-0.15, -0.1) is 0 Å². The average molecular weight is 320 g/mol. The van der Waals surface area contributed by atoms with Gasteiger partial charge in [-0.2, -0.15) is 0 Å². The minimum Gasteiger partial charge on any atom is -0.492 e. The van der Waals surface area contributed by atoms with E-state index >= 15 is 0 Å². The van der Waals surface area contributed by atoms with Crippen molar-refractivity contribution in [3.05, 3.63) is 28.2 Å². The second-order valence-electron chi connectivity index (χ2n) is 4.45. The highest BCUT2D eigenvalue weighted by molar-refractivity contribution is 6.35. The molecule has 0 radical (unpaired) electrons. The van der Waals surface area contributed by atoms with Crippen molar-refractivity contribution < 1.29 is 14.3 Å². The third-order valence-corrected chi connectivity index (χ3v) is 3.05. The van der Waals surface area contributed by atoms with Crippen LogP contribution in [0.4, 0.5) is 0 Å². The second-order valence-corrected chi connectivity index (χ2v) is 5.29. The molecule has 0 saturated carbocycles. The van der Waals surface area contributed by atoms with Crippen molar-refractivity contribution in [1.82, 2.24) is 5.32 Å². The molecule has 0 fully saturated rings. The van der Waals surface area contributed by atoms with Crippen molar-refractivity contribution >= 4 is 29.1 Å². The molecule has 0 aliphatic carbocycles. The molecular formula is C14H19Cl2NO3. The van der Waals surface area contributed by atoms with Gasteiger partial charge in [-0.1, -0.05) is 23.2 Å².